The molecule has 0 atom stereocenters. The molecular formula is C20H18BrN3O5S. The number of carbonyl (C=O) groups excluding carboxylic acids is 1. The van der Waals surface area contributed by atoms with E-state index >= 15 is 0 Å². The maximum Gasteiger partial charge on any atom is 0.263 e. The molecule has 1 amide bonds. The molecule has 0 bridgehead atoms. The third-order valence-corrected chi connectivity index (χ3v) is 5.77. The van der Waals surface area contributed by atoms with Gasteiger partial charge in [0.2, 0.25) is 5.91 Å². The molecular weight excluding hydrogens is 474 g/mol. The summed E-state index contributed by atoms with van der Waals surface area (Å²) >= 11 is 3.38. The van der Waals surface area contributed by atoms with E-state index in [4.69, 9.17) is 9.26 Å². The normalized spacial score (nSPS) is 11.4. The Morgan fingerprint density at radius 2 is 1.90 bits per heavy atom. The first-order valence-electron chi connectivity index (χ1n) is 8.65. The molecule has 0 aliphatic carbocycles. The van der Waals surface area contributed by atoms with Crippen molar-refractivity contribution in [2.45, 2.75) is 11.8 Å². The quantitative estimate of drug-likeness (QED) is 0.479. The highest BCUT2D eigenvalue weighted by Crippen LogP contribution is 2.24. The van der Waals surface area contributed by atoms with Crippen LogP contribution >= 0.6 is 15.9 Å². The summed E-state index contributed by atoms with van der Waals surface area (Å²) in [5, 5.41) is 6.28. The molecule has 1 heterocycles. The van der Waals surface area contributed by atoms with Crippen molar-refractivity contribution in [2.24, 2.45) is 0 Å². The zero-order chi connectivity index (χ0) is 21.7. The molecule has 0 fully saturated rings. The van der Waals surface area contributed by atoms with Crippen LogP contribution in [0.5, 0.6) is 5.75 Å². The van der Waals surface area contributed by atoms with Crippen molar-refractivity contribution in [1.29, 1.82) is 0 Å². The molecule has 8 nitrogen and oxygen atoms in total. The van der Waals surface area contributed by atoms with Gasteiger partial charge in [0.1, 0.15) is 11.5 Å². The number of sulfonamides is 1. The van der Waals surface area contributed by atoms with Gasteiger partial charge in [-0.05, 0) is 55.5 Å². The van der Waals surface area contributed by atoms with Crippen molar-refractivity contribution in [3.63, 3.8) is 0 Å². The molecule has 3 aromatic rings. The Bertz CT molecular complexity index is 1190. The predicted octanol–water partition coefficient (Wildman–Crippen LogP) is 4.21. The number of methoxy groups -OCH3 is 1. The third-order valence-electron chi connectivity index (χ3n) is 3.91. The van der Waals surface area contributed by atoms with Crippen LogP contribution in [0.3, 0.4) is 0 Å². The van der Waals surface area contributed by atoms with E-state index in [0.29, 0.717) is 17.2 Å². The van der Waals surface area contributed by atoms with Crippen molar-refractivity contribution >= 4 is 49.4 Å². The number of nitrogens with one attached hydrogen (secondary N) is 2. The van der Waals surface area contributed by atoms with Gasteiger partial charge >= 0.3 is 0 Å². The number of benzene rings is 2. The molecule has 1 aromatic heterocycles. The Morgan fingerprint density at radius 3 is 2.53 bits per heavy atom. The zero-order valence-corrected chi connectivity index (χ0v) is 18.5. The lowest BCUT2D eigenvalue weighted by atomic mass is 10.2. The fraction of sp³-hybridized carbons (Fsp3) is 0.100. The lowest BCUT2D eigenvalue weighted by molar-refractivity contribution is -0.111. The molecule has 30 heavy (non-hydrogen) atoms. The molecule has 0 spiro atoms. The van der Waals surface area contributed by atoms with Gasteiger partial charge in [0.05, 0.1) is 12.0 Å². The number of ether oxygens (including phenoxy) is 1. The summed E-state index contributed by atoms with van der Waals surface area (Å²) in [6.45, 7) is 1.66. The van der Waals surface area contributed by atoms with Crippen molar-refractivity contribution in [1.82, 2.24) is 5.16 Å². The van der Waals surface area contributed by atoms with E-state index in [1.165, 1.54) is 36.4 Å². The molecule has 156 valence electrons. The lowest BCUT2D eigenvalue weighted by Gasteiger charge is -2.07. The van der Waals surface area contributed by atoms with Gasteiger partial charge in [-0.25, -0.2) is 8.42 Å². The fourth-order valence-electron chi connectivity index (χ4n) is 2.51. The van der Waals surface area contributed by atoms with Crippen LogP contribution in [0.2, 0.25) is 0 Å². The number of amides is 1. The molecule has 10 heteroatoms. The highest BCUT2D eigenvalue weighted by Gasteiger charge is 2.16. The van der Waals surface area contributed by atoms with Gasteiger partial charge in [0.25, 0.3) is 10.0 Å². The minimum atomic E-state index is -3.82. The minimum Gasteiger partial charge on any atom is -0.496 e. The third kappa shape index (κ3) is 5.49. The lowest BCUT2D eigenvalue weighted by Crippen LogP contribution is -2.13. The average molecular weight is 492 g/mol. The standard InChI is InChI=1S/C20H18BrN3O5S/c1-13-11-19(23-29-13)24-30(26,27)17-7-5-16(6-8-17)22-20(25)10-3-14-12-15(21)4-9-18(14)28-2/h3-12H,1-2H3,(H,22,25)(H,23,24)/b10-3+. The Morgan fingerprint density at radius 1 is 1.17 bits per heavy atom. The van der Waals surface area contributed by atoms with Gasteiger partial charge in [-0.3, -0.25) is 9.52 Å². The predicted molar refractivity (Wildman–Crippen MR) is 117 cm³/mol. The van der Waals surface area contributed by atoms with Gasteiger partial charge in [-0.2, -0.15) is 0 Å². The summed E-state index contributed by atoms with van der Waals surface area (Å²) in [4.78, 5) is 12.2. The maximum absolute atomic E-state index is 12.4. The van der Waals surface area contributed by atoms with Crippen LogP contribution in [0.1, 0.15) is 11.3 Å². The Labute approximate surface area is 182 Å². The Balaban J connectivity index is 1.66. The number of aryl methyl sites for hydroxylation is 1. The van der Waals surface area contributed by atoms with Crippen LogP contribution in [0.25, 0.3) is 6.08 Å². The van der Waals surface area contributed by atoms with E-state index in [2.05, 4.69) is 31.1 Å². The van der Waals surface area contributed by atoms with E-state index in [-0.39, 0.29) is 16.6 Å². The first kappa shape index (κ1) is 21.6. The van der Waals surface area contributed by atoms with Gasteiger partial charge in [0, 0.05) is 27.9 Å². The second-order valence-corrected chi connectivity index (χ2v) is 8.76. The molecule has 0 aliphatic heterocycles. The minimum absolute atomic E-state index is 0.0237. The molecule has 0 aliphatic rings. The van der Waals surface area contributed by atoms with Crippen molar-refractivity contribution in [3.05, 3.63) is 70.4 Å². The van der Waals surface area contributed by atoms with Gasteiger partial charge in [0.15, 0.2) is 5.82 Å². The van der Waals surface area contributed by atoms with Crippen LogP contribution in [0.15, 0.2) is 68.5 Å². The van der Waals surface area contributed by atoms with Gasteiger partial charge < -0.3 is 14.6 Å². The summed E-state index contributed by atoms with van der Waals surface area (Å²) in [6.07, 6.45) is 2.99. The molecule has 0 unspecified atom stereocenters. The number of aromatic nitrogens is 1. The number of halogens is 1. The molecule has 0 saturated carbocycles. The molecule has 3 rings (SSSR count). The van der Waals surface area contributed by atoms with Crippen molar-refractivity contribution < 1.29 is 22.5 Å². The SMILES string of the molecule is COc1ccc(Br)cc1/C=C/C(=O)Nc1ccc(S(=O)(=O)Nc2cc(C)on2)cc1. The second-order valence-electron chi connectivity index (χ2n) is 6.16. The first-order chi connectivity index (χ1) is 14.3. The maximum atomic E-state index is 12.4. The van der Waals surface area contributed by atoms with E-state index < -0.39 is 10.0 Å². The number of hydrogen-bond donors (Lipinski definition) is 2. The summed E-state index contributed by atoms with van der Waals surface area (Å²) in [6, 6.07) is 12.7. The smallest absolute Gasteiger partial charge is 0.263 e. The molecule has 2 aromatic carbocycles. The first-order valence-corrected chi connectivity index (χ1v) is 10.9. The van der Waals surface area contributed by atoms with Crippen LogP contribution in [-0.2, 0) is 14.8 Å². The van der Waals surface area contributed by atoms with Gasteiger partial charge in [-0.1, -0.05) is 21.1 Å². The topological polar surface area (TPSA) is 111 Å². The van der Waals surface area contributed by atoms with Crippen LogP contribution in [0, 0.1) is 6.92 Å². The van der Waals surface area contributed by atoms with E-state index in [0.717, 1.165) is 10.0 Å². The summed E-state index contributed by atoms with van der Waals surface area (Å²) in [5.41, 5.74) is 1.18. The highest BCUT2D eigenvalue weighted by molar-refractivity contribution is 9.10. The number of rotatable bonds is 7. The van der Waals surface area contributed by atoms with Crippen LogP contribution < -0.4 is 14.8 Å². The number of carbonyl (C=O) groups is 1. The van der Waals surface area contributed by atoms with E-state index in [1.807, 2.05) is 12.1 Å². The zero-order valence-electron chi connectivity index (χ0n) is 16.0. The largest absolute Gasteiger partial charge is 0.496 e. The van der Waals surface area contributed by atoms with Crippen LogP contribution in [-0.4, -0.2) is 26.6 Å². The van der Waals surface area contributed by atoms with Crippen molar-refractivity contribution in [3.8, 4) is 5.75 Å². The summed E-state index contributed by atoms with van der Waals surface area (Å²) in [5.74, 6) is 0.840. The fourth-order valence-corrected chi connectivity index (χ4v) is 3.88. The van der Waals surface area contributed by atoms with Gasteiger partial charge in [-0.15, -0.1) is 0 Å². The highest BCUT2D eigenvalue weighted by atomic mass is 79.9. The van der Waals surface area contributed by atoms with Crippen LogP contribution in [0.4, 0.5) is 11.5 Å². The molecule has 0 radical (unpaired) electrons. The Kier molecular flexibility index (Phi) is 6.58. The second kappa shape index (κ2) is 9.14. The monoisotopic (exact) mass is 491 g/mol. The number of anilines is 2. The van der Waals surface area contributed by atoms with Crippen molar-refractivity contribution in [2.75, 3.05) is 17.1 Å². The Hall–Kier alpha value is -3.11. The summed E-state index contributed by atoms with van der Waals surface area (Å²) < 4.78 is 38.1. The van der Waals surface area contributed by atoms with E-state index in [1.54, 1.807) is 26.2 Å². The van der Waals surface area contributed by atoms with E-state index in [9.17, 15) is 13.2 Å². The number of nitrogens with zero attached hydrogens (tertiary/aromatic N) is 1. The molecule has 2 N–H and O–H groups in total. The molecule has 0 saturated heterocycles. The number of hydrogen-bond acceptors (Lipinski definition) is 6. The summed E-state index contributed by atoms with van der Waals surface area (Å²) in [7, 11) is -2.27. The average Bonchev–Trinajstić information content (AvgIpc) is 3.11.